The van der Waals surface area contributed by atoms with Crippen LogP contribution in [-0.2, 0) is 11.9 Å². The van der Waals surface area contributed by atoms with Crippen LogP contribution in [0.4, 0.5) is 13.2 Å². The van der Waals surface area contributed by atoms with Gasteiger partial charge in [-0.15, -0.1) is 11.8 Å². The molecule has 6 heteroatoms. The summed E-state index contributed by atoms with van der Waals surface area (Å²) < 4.78 is 39.9. The minimum atomic E-state index is -4.34. The van der Waals surface area contributed by atoms with Crippen LogP contribution in [0.5, 0.6) is 0 Å². The lowest BCUT2D eigenvalue weighted by Gasteiger charge is -2.07. The molecule has 0 aliphatic carbocycles. The van der Waals surface area contributed by atoms with Gasteiger partial charge in [0.05, 0.1) is 16.8 Å². The summed E-state index contributed by atoms with van der Waals surface area (Å²) >= 11 is 1.74. The summed E-state index contributed by atoms with van der Waals surface area (Å²) in [4.78, 5) is 1.19. The van der Waals surface area contributed by atoms with Crippen molar-refractivity contribution < 1.29 is 13.2 Å². The fraction of sp³-hybridized carbons (Fsp3) is 0.136. The number of halogens is 3. The molecule has 4 rings (SSSR count). The minimum Gasteiger partial charge on any atom is -0.240 e. The summed E-state index contributed by atoms with van der Waals surface area (Å²) in [7, 11) is 0. The van der Waals surface area contributed by atoms with Gasteiger partial charge in [-0.2, -0.15) is 18.3 Å². The molecule has 0 saturated heterocycles. The molecule has 1 heterocycles. The predicted molar refractivity (Wildman–Crippen MR) is 107 cm³/mol. The van der Waals surface area contributed by atoms with E-state index < -0.39 is 11.7 Å². The standard InChI is InChI=1S/C22H17F3N2S/c1-15-4-2-7-20(12-15)28-14-17-6-3-5-16-13-27(26-21(16)17)19-10-8-18(9-11-19)22(23,24)25/h2-13H,14H2,1H3. The topological polar surface area (TPSA) is 17.8 Å². The van der Waals surface area contributed by atoms with E-state index in [1.165, 1.54) is 22.6 Å². The maximum atomic E-state index is 12.8. The summed E-state index contributed by atoms with van der Waals surface area (Å²) in [5.41, 5.74) is 3.11. The smallest absolute Gasteiger partial charge is 0.240 e. The number of thioether (sulfide) groups is 1. The molecule has 0 spiro atoms. The average molecular weight is 398 g/mol. The molecule has 0 saturated carbocycles. The number of rotatable bonds is 4. The van der Waals surface area contributed by atoms with Crippen molar-refractivity contribution in [1.82, 2.24) is 9.78 Å². The Morgan fingerprint density at radius 1 is 0.964 bits per heavy atom. The number of alkyl halides is 3. The Kier molecular flexibility index (Phi) is 4.89. The third-order valence-electron chi connectivity index (χ3n) is 4.46. The summed E-state index contributed by atoms with van der Waals surface area (Å²) in [6.07, 6.45) is -2.49. The highest BCUT2D eigenvalue weighted by Crippen LogP contribution is 2.30. The highest BCUT2D eigenvalue weighted by atomic mass is 32.2. The molecule has 4 aromatic rings. The van der Waals surface area contributed by atoms with E-state index in [0.717, 1.165) is 34.4 Å². The van der Waals surface area contributed by atoms with Crippen LogP contribution in [0, 0.1) is 6.92 Å². The van der Waals surface area contributed by atoms with Gasteiger partial charge in [-0.3, -0.25) is 0 Å². The van der Waals surface area contributed by atoms with Gasteiger partial charge in [0.15, 0.2) is 0 Å². The van der Waals surface area contributed by atoms with Crippen molar-refractivity contribution in [3.8, 4) is 5.69 Å². The van der Waals surface area contributed by atoms with Crippen LogP contribution in [0.3, 0.4) is 0 Å². The van der Waals surface area contributed by atoms with E-state index in [0.29, 0.717) is 5.69 Å². The van der Waals surface area contributed by atoms with Crippen LogP contribution in [-0.4, -0.2) is 9.78 Å². The molecule has 0 aliphatic rings. The lowest BCUT2D eigenvalue weighted by molar-refractivity contribution is -0.137. The maximum absolute atomic E-state index is 12.8. The number of hydrogen-bond donors (Lipinski definition) is 0. The first-order valence-corrected chi connectivity index (χ1v) is 9.73. The van der Waals surface area contributed by atoms with Gasteiger partial charge in [-0.05, 0) is 48.9 Å². The quantitative estimate of drug-likeness (QED) is 0.358. The van der Waals surface area contributed by atoms with Gasteiger partial charge in [0, 0.05) is 22.2 Å². The molecular formula is C22H17F3N2S. The molecule has 2 nitrogen and oxygen atoms in total. The number of aromatic nitrogens is 2. The van der Waals surface area contributed by atoms with Crippen molar-refractivity contribution in [3.05, 3.63) is 89.6 Å². The second-order valence-corrected chi connectivity index (χ2v) is 7.63. The molecule has 0 amide bonds. The normalized spacial score (nSPS) is 11.9. The van der Waals surface area contributed by atoms with Crippen molar-refractivity contribution in [3.63, 3.8) is 0 Å². The van der Waals surface area contributed by atoms with E-state index in [2.05, 4.69) is 30.2 Å². The van der Waals surface area contributed by atoms with Crippen LogP contribution in [0.15, 0.2) is 77.8 Å². The number of benzene rings is 3. The van der Waals surface area contributed by atoms with E-state index in [-0.39, 0.29) is 0 Å². The molecule has 0 N–H and O–H groups in total. The molecule has 142 valence electrons. The first kappa shape index (κ1) is 18.6. The molecule has 0 fully saturated rings. The lowest BCUT2D eigenvalue weighted by atomic mass is 10.2. The van der Waals surface area contributed by atoms with Crippen LogP contribution in [0.1, 0.15) is 16.7 Å². The van der Waals surface area contributed by atoms with E-state index in [1.54, 1.807) is 16.4 Å². The second-order valence-electron chi connectivity index (χ2n) is 6.58. The number of aryl methyl sites for hydroxylation is 1. The van der Waals surface area contributed by atoms with Crippen LogP contribution < -0.4 is 0 Å². The van der Waals surface area contributed by atoms with Crippen molar-refractivity contribution in [2.24, 2.45) is 0 Å². The molecule has 0 radical (unpaired) electrons. The zero-order chi connectivity index (χ0) is 19.7. The van der Waals surface area contributed by atoms with E-state index in [9.17, 15) is 13.2 Å². The fourth-order valence-electron chi connectivity index (χ4n) is 3.02. The first-order valence-electron chi connectivity index (χ1n) is 8.74. The fourth-order valence-corrected chi connectivity index (χ4v) is 4.02. The van der Waals surface area contributed by atoms with Crippen molar-refractivity contribution in [2.75, 3.05) is 0 Å². The zero-order valence-electron chi connectivity index (χ0n) is 15.1. The van der Waals surface area contributed by atoms with Gasteiger partial charge in [0.2, 0.25) is 0 Å². The van der Waals surface area contributed by atoms with Crippen LogP contribution in [0.25, 0.3) is 16.6 Å². The monoisotopic (exact) mass is 398 g/mol. The minimum absolute atomic E-state index is 0.599. The summed E-state index contributed by atoms with van der Waals surface area (Å²) in [5.74, 6) is 0.769. The second kappa shape index (κ2) is 7.36. The van der Waals surface area contributed by atoms with Gasteiger partial charge in [-0.25, -0.2) is 4.68 Å². The van der Waals surface area contributed by atoms with Crippen LogP contribution in [0.2, 0.25) is 0 Å². The average Bonchev–Trinajstić information content (AvgIpc) is 3.11. The Morgan fingerprint density at radius 2 is 1.71 bits per heavy atom. The SMILES string of the molecule is Cc1cccc(SCc2cccc3cn(-c4ccc(C(F)(F)F)cc4)nc23)c1. The zero-order valence-corrected chi connectivity index (χ0v) is 15.9. The molecular weight excluding hydrogens is 381 g/mol. The van der Waals surface area contributed by atoms with Crippen LogP contribution >= 0.6 is 11.8 Å². The first-order chi connectivity index (χ1) is 13.4. The van der Waals surface area contributed by atoms with Gasteiger partial charge >= 0.3 is 6.18 Å². The van der Waals surface area contributed by atoms with E-state index >= 15 is 0 Å². The third kappa shape index (κ3) is 3.92. The van der Waals surface area contributed by atoms with Gasteiger partial charge in [0.1, 0.15) is 0 Å². The Labute approximate surface area is 165 Å². The van der Waals surface area contributed by atoms with Crippen molar-refractivity contribution in [2.45, 2.75) is 23.7 Å². The lowest BCUT2D eigenvalue weighted by Crippen LogP contribution is -2.05. The molecule has 1 aromatic heterocycles. The number of hydrogen-bond acceptors (Lipinski definition) is 2. The molecule has 3 aromatic carbocycles. The molecule has 0 atom stereocenters. The summed E-state index contributed by atoms with van der Waals surface area (Å²) in [6, 6.07) is 19.3. The van der Waals surface area contributed by atoms with Crippen molar-refractivity contribution in [1.29, 1.82) is 0 Å². The predicted octanol–water partition coefficient (Wildman–Crippen LogP) is 6.65. The van der Waals surface area contributed by atoms with Gasteiger partial charge in [-0.1, -0.05) is 35.9 Å². The Balaban J connectivity index is 1.61. The highest BCUT2D eigenvalue weighted by molar-refractivity contribution is 7.98. The van der Waals surface area contributed by atoms with E-state index in [4.69, 9.17) is 0 Å². The number of nitrogens with zero attached hydrogens (tertiary/aromatic N) is 2. The van der Waals surface area contributed by atoms with Gasteiger partial charge in [0.25, 0.3) is 0 Å². The molecule has 0 unspecified atom stereocenters. The summed E-state index contributed by atoms with van der Waals surface area (Å²) in [5, 5.41) is 5.59. The Morgan fingerprint density at radius 3 is 2.43 bits per heavy atom. The maximum Gasteiger partial charge on any atom is 0.416 e. The largest absolute Gasteiger partial charge is 0.416 e. The Hall–Kier alpha value is -2.73. The van der Waals surface area contributed by atoms with E-state index in [1.807, 2.05) is 30.5 Å². The van der Waals surface area contributed by atoms with Gasteiger partial charge < -0.3 is 0 Å². The third-order valence-corrected chi connectivity index (χ3v) is 5.51. The molecule has 0 bridgehead atoms. The summed E-state index contributed by atoms with van der Waals surface area (Å²) in [6.45, 7) is 2.07. The van der Waals surface area contributed by atoms with Crippen molar-refractivity contribution >= 4 is 22.7 Å². The Bertz CT molecular complexity index is 1110. The highest BCUT2D eigenvalue weighted by Gasteiger charge is 2.30. The molecule has 28 heavy (non-hydrogen) atoms. The number of fused-ring (bicyclic) bond motifs is 1. The molecule has 0 aliphatic heterocycles.